The van der Waals surface area contributed by atoms with Crippen LogP contribution in [0.25, 0.3) is 21.8 Å². The Morgan fingerprint density at radius 1 is 0.800 bits per heavy atom. The summed E-state index contributed by atoms with van der Waals surface area (Å²) in [5.74, 6) is 1.97. The predicted molar refractivity (Wildman–Crippen MR) is 103 cm³/mol. The molecular formula is C23H22N2. The van der Waals surface area contributed by atoms with E-state index >= 15 is 0 Å². The fourth-order valence-corrected chi connectivity index (χ4v) is 5.70. The van der Waals surface area contributed by atoms with E-state index in [2.05, 4.69) is 64.7 Å². The van der Waals surface area contributed by atoms with Crippen molar-refractivity contribution >= 4 is 21.8 Å². The molecule has 2 aliphatic carbocycles. The molecule has 2 aromatic carbocycles. The Bertz CT molecular complexity index is 1080. The van der Waals surface area contributed by atoms with Crippen LogP contribution < -0.4 is 0 Å². The van der Waals surface area contributed by atoms with Crippen LogP contribution in [0.2, 0.25) is 0 Å². The molecule has 2 heteroatoms. The lowest BCUT2D eigenvalue weighted by Gasteiger charge is -2.30. The summed E-state index contributed by atoms with van der Waals surface area (Å²) >= 11 is 0. The summed E-state index contributed by atoms with van der Waals surface area (Å²) in [5.41, 5.74) is 7.16. The van der Waals surface area contributed by atoms with E-state index in [-0.39, 0.29) is 0 Å². The third kappa shape index (κ3) is 1.80. The topological polar surface area (TPSA) is 31.6 Å². The fourth-order valence-electron chi connectivity index (χ4n) is 5.70. The van der Waals surface area contributed by atoms with Gasteiger partial charge in [0, 0.05) is 39.6 Å². The summed E-state index contributed by atoms with van der Waals surface area (Å²) < 4.78 is 0. The van der Waals surface area contributed by atoms with Crippen LogP contribution in [0.1, 0.15) is 54.3 Å². The Hall–Kier alpha value is -2.48. The van der Waals surface area contributed by atoms with Gasteiger partial charge in [-0.2, -0.15) is 0 Å². The number of aromatic amines is 2. The van der Waals surface area contributed by atoms with Gasteiger partial charge in [-0.1, -0.05) is 49.2 Å². The molecule has 0 bridgehead atoms. The molecule has 0 aliphatic heterocycles. The summed E-state index contributed by atoms with van der Waals surface area (Å²) in [7, 11) is 0. The molecule has 25 heavy (non-hydrogen) atoms. The van der Waals surface area contributed by atoms with Crippen molar-refractivity contribution in [3.63, 3.8) is 0 Å². The second-order valence-corrected chi connectivity index (χ2v) is 7.82. The highest BCUT2D eigenvalue weighted by Gasteiger charge is 2.45. The molecule has 0 unspecified atom stereocenters. The van der Waals surface area contributed by atoms with Crippen molar-refractivity contribution in [1.29, 1.82) is 0 Å². The highest BCUT2D eigenvalue weighted by molar-refractivity contribution is 5.89. The Morgan fingerprint density at radius 2 is 1.56 bits per heavy atom. The maximum absolute atomic E-state index is 3.82. The van der Waals surface area contributed by atoms with Gasteiger partial charge >= 0.3 is 0 Å². The summed E-state index contributed by atoms with van der Waals surface area (Å²) in [5, 5.41) is 2.85. The third-order valence-electron chi connectivity index (χ3n) is 6.66. The van der Waals surface area contributed by atoms with Gasteiger partial charge in [-0.3, -0.25) is 0 Å². The van der Waals surface area contributed by atoms with Gasteiger partial charge in [-0.15, -0.1) is 0 Å². The predicted octanol–water partition coefficient (Wildman–Crippen LogP) is 6.07. The van der Waals surface area contributed by atoms with E-state index in [1.807, 2.05) is 0 Å². The zero-order valence-corrected chi connectivity index (χ0v) is 14.3. The van der Waals surface area contributed by atoms with Gasteiger partial charge in [0.25, 0.3) is 0 Å². The van der Waals surface area contributed by atoms with Crippen LogP contribution in [-0.4, -0.2) is 9.97 Å². The Balaban J connectivity index is 1.63. The van der Waals surface area contributed by atoms with Gasteiger partial charge in [0.05, 0.1) is 0 Å². The van der Waals surface area contributed by atoms with Crippen LogP contribution in [0.5, 0.6) is 0 Å². The Kier molecular flexibility index (Phi) is 2.76. The smallest absolute Gasteiger partial charge is 0.0459 e. The van der Waals surface area contributed by atoms with E-state index in [9.17, 15) is 0 Å². The lowest BCUT2D eigenvalue weighted by atomic mass is 9.74. The minimum Gasteiger partial charge on any atom is -0.361 e. The van der Waals surface area contributed by atoms with E-state index in [1.54, 1.807) is 5.56 Å². The van der Waals surface area contributed by atoms with Gasteiger partial charge < -0.3 is 9.97 Å². The summed E-state index contributed by atoms with van der Waals surface area (Å²) in [6, 6.07) is 17.6. The molecule has 2 aromatic heterocycles. The SMILES string of the molecule is c1ccc2c([C@@H]3c4[nH]c5ccccc5c4[C@H]4CCCC[C@@H]34)c[nH]c2c1. The molecule has 0 amide bonds. The van der Waals surface area contributed by atoms with E-state index < -0.39 is 0 Å². The Labute approximate surface area is 147 Å². The first-order chi connectivity index (χ1) is 12.4. The highest BCUT2D eigenvalue weighted by Crippen LogP contribution is 2.58. The monoisotopic (exact) mass is 326 g/mol. The molecule has 2 heterocycles. The first-order valence-electron chi connectivity index (χ1n) is 9.58. The molecule has 124 valence electrons. The van der Waals surface area contributed by atoms with Crippen LogP contribution in [0.3, 0.4) is 0 Å². The lowest BCUT2D eigenvalue weighted by molar-refractivity contribution is 0.308. The van der Waals surface area contributed by atoms with E-state index in [1.165, 1.54) is 58.7 Å². The van der Waals surface area contributed by atoms with Crippen LogP contribution in [0.4, 0.5) is 0 Å². The maximum Gasteiger partial charge on any atom is 0.0459 e. The molecular weight excluding hydrogens is 304 g/mol. The van der Waals surface area contributed by atoms with Crippen molar-refractivity contribution < 1.29 is 0 Å². The molecule has 6 rings (SSSR count). The number of hydrogen-bond acceptors (Lipinski definition) is 0. The van der Waals surface area contributed by atoms with Gasteiger partial charge in [0.2, 0.25) is 0 Å². The number of fused-ring (bicyclic) bond motifs is 6. The molecule has 1 fully saturated rings. The van der Waals surface area contributed by atoms with E-state index in [0.717, 1.165) is 11.8 Å². The maximum atomic E-state index is 3.82. The van der Waals surface area contributed by atoms with Crippen LogP contribution in [0, 0.1) is 5.92 Å². The molecule has 1 saturated carbocycles. The van der Waals surface area contributed by atoms with Crippen LogP contribution >= 0.6 is 0 Å². The number of H-pyrrole nitrogens is 2. The fraction of sp³-hybridized carbons (Fsp3) is 0.304. The van der Waals surface area contributed by atoms with E-state index in [4.69, 9.17) is 0 Å². The number of hydrogen-bond donors (Lipinski definition) is 2. The first-order valence-corrected chi connectivity index (χ1v) is 9.58. The zero-order valence-electron chi connectivity index (χ0n) is 14.3. The summed E-state index contributed by atoms with van der Waals surface area (Å²) in [6.07, 6.45) is 7.72. The van der Waals surface area contributed by atoms with Gasteiger partial charge in [-0.25, -0.2) is 0 Å². The number of aromatic nitrogens is 2. The minimum absolute atomic E-state index is 0.504. The Morgan fingerprint density at radius 3 is 2.48 bits per heavy atom. The second kappa shape index (κ2) is 5.01. The first kappa shape index (κ1) is 13.8. The van der Waals surface area contributed by atoms with Gasteiger partial charge in [0.15, 0.2) is 0 Å². The molecule has 2 N–H and O–H groups in total. The second-order valence-electron chi connectivity index (χ2n) is 7.82. The highest BCUT2D eigenvalue weighted by atomic mass is 14.8. The molecule has 0 spiro atoms. The van der Waals surface area contributed by atoms with Crippen molar-refractivity contribution in [2.24, 2.45) is 5.92 Å². The molecule has 2 aliphatic rings. The van der Waals surface area contributed by atoms with Crippen molar-refractivity contribution in [1.82, 2.24) is 9.97 Å². The average Bonchev–Trinajstić information content (AvgIpc) is 3.32. The number of para-hydroxylation sites is 2. The number of benzene rings is 2. The van der Waals surface area contributed by atoms with Crippen LogP contribution in [-0.2, 0) is 0 Å². The van der Waals surface area contributed by atoms with Gasteiger partial charge in [-0.05, 0) is 47.9 Å². The van der Waals surface area contributed by atoms with Crippen molar-refractivity contribution in [3.8, 4) is 0 Å². The van der Waals surface area contributed by atoms with Crippen molar-refractivity contribution in [3.05, 3.63) is 71.5 Å². The molecule has 2 nitrogen and oxygen atoms in total. The normalized spacial score (nSPS) is 25.4. The molecule has 0 saturated heterocycles. The summed E-state index contributed by atoms with van der Waals surface area (Å²) in [4.78, 5) is 7.33. The third-order valence-corrected chi connectivity index (χ3v) is 6.66. The number of nitrogens with one attached hydrogen (secondary N) is 2. The number of rotatable bonds is 1. The van der Waals surface area contributed by atoms with Crippen molar-refractivity contribution in [2.75, 3.05) is 0 Å². The molecule has 4 aromatic rings. The average molecular weight is 326 g/mol. The van der Waals surface area contributed by atoms with E-state index in [0.29, 0.717) is 5.92 Å². The minimum atomic E-state index is 0.504. The summed E-state index contributed by atoms with van der Waals surface area (Å²) in [6.45, 7) is 0. The lowest BCUT2D eigenvalue weighted by Crippen LogP contribution is -2.18. The van der Waals surface area contributed by atoms with Crippen molar-refractivity contribution in [2.45, 2.75) is 37.5 Å². The molecule has 0 radical (unpaired) electrons. The standard InChI is InChI=1S/C23H22N2/c1-2-9-16-15(8-1)21-17-10-4-6-12-20(17)25-23(21)22(16)18-13-24-19-11-5-3-7-14(18)19/h3-7,10-13,15-16,22,24-25H,1-2,8-9H2/t15-,16+,22+/m0/s1. The quantitative estimate of drug-likeness (QED) is 0.425. The zero-order chi connectivity index (χ0) is 16.4. The van der Waals surface area contributed by atoms with Crippen LogP contribution in [0.15, 0.2) is 54.7 Å². The molecule has 3 atom stereocenters. The largest absolute Gasteiger partial charge is 0.361 e. The van der Waals surface area contributed by atoms with Gasteiger partial charge in [0.1, 0.15) is 0 Å².